The molecule has 36 heavy (non-hydrogen) atoms. The summed E-state index contributed by atoms with van der Waals surface area (Å²) in [5, 5.41) is 0. The van der Waals surface area contributed by atoms with Gasteiger partial charge in [-0.3, -0.25) is 4.90 Å². The monoisotopic (exact) mass is 485 g/mol. The van der Waals surface area contributed by atoms with Crippen LogP contribution < -0.4 is 5.46 Å². The second-order valence-electron chi connectivity index (χ2n) is 11.2. The van der Waals surface area contributed by atoms with E-state index in [0.29, 0.717) is 5.92 Å². The predicted molar refractivity (Wildman–Crippen MR) is 137 cm³/mol. The van der Waals surface area contributed by atoms with Crippen molar-refractivity contribution in [2.75, 3.05) is 0 Å². The zero-order valence-corrected chi connectivity index (χ0v) is 21.2. The van der Waals surface area contributed by atoms with Gasteiger partial charge in [-0.15, -0.1) is 0 Å². The maximum Gasteiger partial charge on any atom is 0.494 e. The molecule has 6 rings (SSSR count). The number of amides is 1. The van der Waals surface area contributed by atoms with Gasteiger partial charge in [0.05, 0.1) is 29.1 Å². The van der Waals surface area contributed by atoms with Crippen LogP contribution in [0, 0.1) is 5.92 Å². The number of likely N-dealkylation sites (tertiary alicyclic amines) is 1. The number of nitrogens with one attached hydrogen (secondary N) is 1. The van der Waals surface area contributed by atoms with Crippen molar-refractivity contribution in [3.63, 3.8) is 0 Å². The van der Waals surface area contributed by atoms with Crippen LogP contribution in [0.4, 0.5) is 4.79 Å². The summed E-state index contributed by atoms with van der Waals surface area (Å²) in [5.41, 5.74) is 3.17. The quantitative estimate of drug-likeness (QED) is 0.523. The highest BCUT2D eigenvalue weighted by molar-refractivity contribution is 6.62. The maximum atomic E-state index is 13.0. The number of piperidine rings is 1. The molecule has 1 amide bonds. The Morgan fingerprint density at radius 2 is 1.75 bits per heavy atom. The lowest BCUT2D eigenvalue weighted by Gasteiger charge is -2.32. The zero-order chi connectivity index (χ0) is 25.1. The fraction of sp³-hybridized carbons (Fsp3) is 0.429. The number of fused-ring (bicyclic) bond motifs is 1. The number of aromatic amines is 1. The van der Waals surface area contributed by atoms with Gasteiger partial charge in [-0.1, -0.05) is 54.6 Å². The van der Waals surface area contributed by atoms with Crippen molar-refractivity contribution in [1.29, 1.82) is 0 Å². The summed E-state index contributed by atoms with van der Waals surface area (Å²) in [6.45, 7) is 8.50. The lowest BCUT2D eigenvalue weighted by molar-refractivity contribution is 0.00578. The van der Waals surface area contributed by atoms with Crippen molar-refractivity contribution >= 4 is 18.7 Å². The number of nitrogens with zero attached hydrogens (tertiary/aromatic N) is 2. The number of imidazole rings is 1. The zero-order valence-electron chi connectivity index (χ0n) is 21.2. The smallest absolute Gasteiger partial charge is 0.445 e. The average molecular weight is 485 g/mol. The molecule has 3 heterocycles. The van der Waals surface area contributed by atoms with Crippen LogP contribution in [0.3, 0.4) is 0 Å². The Bertz CT molecular complexity index is 1240. The van der Waals surface area contributed by atoms with Gasteiger partial charge in [0.1, 0.15) is 12.4 Å². The third-order valence-corrected chi connectivity index (χ3v) is 8.18. The molecular formula is C28H32BN3O4. The number of ether oxygens (including phenoxy) is 1. The fourth-order valence-corrected chi connectivity index (χ4v) is 5.21. The summed E-state index contributed by atoms with van der Waals surface area (Å²) in [5.74, 6) is 1.34. The lowest BCUT2D eigenvalue weighted by Crippen LogP contribution is -2.41. The molecule has 3 fully saturated rings. The van der Waals surface area contributed by atoms with Crippen molar-refractivity contribution in [3.05, 3.63) is 72.2 Å². The topological polar surface area (TPSA) is 76.7 Å². The first kappa shape index (κ1) is 23.3. The van der Waals surface area contributed by atoms with E-state index < -0.39 is 0 Å². The molecule has 2 aromatic carbocycles. The number of benzene rings is 2. The Morgan fingerprint density at radius 3 is 2.44 bits per heavy atom. The molecule has 186 valence electrons. The standard InChI is InChI=1S/C28H32BN3O4/c1-27(2)28(3,4)36-29(35-27)21-12-10-19(11-13-21)22-16-30-25(31-22)24-15-20-14-23(20)32(24)26(33)34-17-18-8-6-5-7-9-18/h5-13,16,20,23-24H,14-15,17H2,1-4H3,(H,30,31)/t20?,23-,24+/m1/s1. The van der Waals surface area contributed by atoms with Gasteiger partial charge in [-0.25, -0.2) is 9.78 Å². The second kappa shape index (κ2) is 8.49. The number of carbonyl (C=O) groups excluding carboxylic acids is 1. The van der Waals surface area contributed by atoms with Gasteiger partial charge in [0.15, 0.2) is 0 Å². The first-order valence-electron chi connectivity index (χ1n) is 12.7. The largest absolute Gasteiger partial charge is 0.494 e. The highest BCUT2D eigenvalue weighted by Gasteiger charge is 2.56. The summed E-state index contributed by atoms with van der Waals surface area (Å²) in [6.07, 6.45) is 3.54. The van der Waals surface area contributed by atoms with Crippen molar-refractivity contribution in [1.82, 2.24) is 14.9 Å². The van der Waals surface area contributed by atoms with E-state index in [1.807, 2.05) is 53.6 Å². The first-order chi connectivity index (χ1) is 17.2. The van der Waals surface area contributed by atoms with E-state index in [1.165, 1.54) is 0 Å². The van der Waals surface area contributed by atoms with Gasteiger partial charge in [-0.2, -0.15) is 0 Å². The third-order valence-electron chi connectivity index (χ3n) is 8.18. The first-order valence-corrected chi connectivity index (χ1v) is 12.7. The average Bonchev–Trinajstić information content (AvgIpc) is 3.19. The van der Waals surface area contributed by atoms with Crippen LogP contribution in [-0.4, -0.2) is 45.3 Å². The van der Waals surface area contributed by atoms with Crippen molar-refractivity contribution < 1.29 is 18.8 Å². The Hall–Kier alpha value is -3.10. The van der Waals surface area contributed by atoms with E-state index >= 15 is 0 Å². The minimum Gasteiger partial charge on any atom is -0.445 e. The van der Waals surface area contributed by atoms with E-state index in [1.54, 1.807) is 0 Å². The molecule has 1 aromatic heterocycles. The van der Waals surface area contributed by atoms with Gasteiger partial charge >= 0.3 is 13.2 Å². The third kappa shape index (κ3) is 4.12. The predicted octanol–water partition coefficient (Wildman–Crippen LogP) is 4.85. The maximum absolute atomic E-state index is 13.0. The number of hydrogen-bond donors (Lipinski definition) is 1. The number of carbonyl (C=O) groups is 1. The molecule has 1 saturated carbocycles. The fourth-order valence-electron chi connectivity index (χ4n) is 5.21. The van der Waals surface area contributed by atoms with Gasteiger partial charge in [-0.05, 0) is 63.0 Å². The highest BCUT2D eigenvalue weighted by Crippen LogP contribution is 2.53. The molecule has 3 aliphatic rings. The van der Waals surface area contributed by atoms with Gasteiger partial charge in [0.25, 0.3) is 0 Å². The number of hydrogen-bond acceptors (Lipinski definition) is 5. The molecule has 0 spiro atoms. The Morgan fingerprint density at radius 1 is 1.06 bits per heavy atom. The molecule has 1 unspecified atom stereocenters. The minimum atomic E-state index is -0.387. The molecule has 8 heteroatoms. The normalized spacial score (nSPS) is 25.6. The Balaban J connectivity index is 1.15. The van der Waals surface area contributed by atoms with Crippen LogP contribution in [0.15, 0.2) is 60.8 Å². The molecule has 2 aliphatic heterocycles. The van der Waals surface area contributed by atoms with Crippen molar-refractivity contribution in [3.8, 4) is 11.3 Å². The molecular weight excluding hydrogens is 453 g/mol. The SMILES string of the molecule is CC1(C)OB(c2ccc(-c3cnc([C@@H]4CC5C[C@H]5N4C(=O)OCc4ccccc4)[nH]3)cc2)OC1(C)C. The molecule has 1 aliphatic carbocycles. The summed E-state index contributed by atoms with van der Waals surface area (Å²) in [7, 11) is -0.387. The Labute approximate surface area is 212 Å². The van der Waals surface area contributed by atoms with Gasteiger partial charge < -0.3 is 19.0 Å². The van der Waals surface area contributed by atoms with E-state index in [2.05, 4.69) is 49.8 Å². The lowest BCUT2D eigenvalue weighted by atomic mass is 9.79. The molecule has 1 N–H and O–H groups in total. The van der Waals surface area contributed by atoms with Crippen LogP contribution in [-0.2, 0) is 20.7 Å². The van der Waals surface area contributed by atoms with Gasteiger partial charge in [0, 0.05) is 6.04 Å². The second-order valence-corrected chi connectivity index (χ2v) is 11.2. The minimum absolute atomic E-state index is 0.0881. The molecule has 3 aromatic rings. The molecule has 2 saturated heterocycles. The van der Waals surface area contributed by atoms with Crippen LogP contribution in [0.2, 0.25) is 0 Å². The summed E-state index contributed by atoms with van der Waals surface area (Å²) in [4.78, 5) is 23.0. The summed E-state index contributed by atoms with van der Waals surface area (Å²) >= 11 is 0. The van der Waals surface area contributed by atoms with Gasteiger partial charge in [0.2, 0.25) is 0 Å². The van der Waals surface area contributed by atoms with E-state index in [9.17, 15) is 4.79 Å². The van der Waals surface area contributed by atoms with Crippen molar-refractivity contribution in [2.45, 2.75) is 70.4 Å². The van der Waals surface area contributed by atoms with E-state index in [0.717, 1.165) is 40.9 Å². The number of aromatic nitrogens is 2. The molecule has 0 radical (unpaired) electrons. The van der Waals surface area contributed by atoms with E-state index in [-0.39, 0.29) is 43.1 Å². The Kier molecular flexibility index (Phi) is 5.50. The van der Waals surface area contributed by atoms with Crippen LogP contribution in [0.5, 0.6) is 0 Å². The highest BCUT2D eigenvalue weighted by atomic mass is 16.7. The number of H-pyrrole nitrogens is 1. The van der Waals surface area contributed by atoms with Crippen LogP contribution >= 0.6 is 0 Å². The summed E-state index contributed by atoms with van der Waals surface area (Å²) in [6, 6.07) is 18.1. The number of rotatable bonds is 5. The molecule has 3 atom stereocenters. The molecule has 0 bridgehead atoms. The summed E-state index contributed by atoms with van der Waals surface area (Å²) < 4.78 is 18.0. The van der Waals surface area contributed by atoms with Crippen molar-refractivity contribution in [2.24, 2.45) is 5.92 Å². The van der Waals surface area contributed by atoms with Crippen LogP contribution in [0.25, 0.3) is 11.3 Å². The van der Waals surface area contributed by atoms with E-state index in [4.69, 9.17) is 14.0 Å². The van der Waals surface area contributed by atoms with Crippen LogP contribution in [0.1, 0.15) is 58.0 Å². The molecule has 7 nitrogen and oxygen atoms in total.